The van der Waals surface area contributed by atoms with Gasteiger partial charge in [0.25, 0.3) is 0 Å². The number of carbonyl (C=O) groups is 2. The molecule has 0 radical (unpaired) electrons. The summed E-state index contributed by atoms with van der Waals surface area (Å²) in [5.74, 6) is -1.09. The average molecular weight is 428 g/mol. The number of amides is 2. The summed E-state index contributed by atoms with van der Waals surface area (Å²) in [5.41, 5.74) is 6.00. The van der Waals surface area contributed by atoms with Gasteiger partial charge in [0, 0.05) is 30.3 Å². The number of halogens is 1. The van der Waals surface area contributed by atoms with Gasteiger partial charge in [-0.05, 0) is 49.8 Å². The van der Waals surface area contributed by atoms with Crippen LogP contribution in [0.15, 0.2) is 36.8 Å². The van der Waals surface area contributed by atoms with Crippen molar-refractivity contribution in [3.63, 3.8) is 0 Å². The third-order valence-electron chi connectivity index (χ3n) is 5.93. The summed E-state index contributed by atoms with van der Waals surface area (Å²) in [6.07, 6.45) is 8.66. The second kappa shape index (κ2) is 9.38. The smallest absolute Gasteiger partial charge is 0.249 e. The van der Waals surface area contributed by atoms with Gasteiger partial charge in [-0.1, -0.05) is 0 Å². The monoisotopic (exact) mass is 428 g/mol. The molecule has 4 rings (SSSR count). The van der Waals surface area contributed by atoms with Crippen molar-refractivity contribution in [2.45, 2.75) is 38.1 Å². The zero-order chi connectivity index (χ0) is 21.8. The third kappa shape index (κ3) is 4.82. The van der Waals surface area contributed by atoms with Gasteiger partial charge in [-0.2, -0.15) is 0 Å². The van der Waals surface area contributed by atoms with Crippen molar-refractivity contribution in [1.82, 2.24) is 15.0 Å². The third-order valence-corrected chi connectivity index (χ3v) is 5.93. The van der Waals surface area contributed by atoms with Gasteiger partial charge in [0.1, 0.15) is 6.04 Å². The Morgan fingerprint density at radius 2 is 2.00 bits per heavy atom. The van der Waals surface area contributed by atoms with Crippen LogP contribution in [-0.4, -0.2) is 40.1 Å². The number of ether oxygens (including phenoxy) is 1. The molecule has 2 aliphatic rings. The predicted octanol–water partition coefficient (Wildman–Crippen LogP) is 2.81. The first kappa shape index (κ1) is 21.2. The first-order valence-corrected chi connectivity index (χ1v) is 10.5. The maximum Gasteiger partial charge on any atom is 0.249 e. The van der Waals surface area contributed by atoms with Crippen LogP contribution in [0.1, 0.15) is 54.2 Å². The van der Waals surface area contributed by atoms with Crippen LogP contribution in [0.3, 0.4) is 0 Å². The molecular formula is C22H25FN4O4. The lowest BCUT2D eigenvalue weighted by Gasteiger charge is -2.31. The highest BCUT2D eigenvalue weighted by molar-refractivity contribution is 5.92. The Kier molecular flexibility index (Phi) is 6.41. The largest absolute Gasteiger partial charge is 0.490 e. The highest BCUT2D eigenvalue weighted by Gasteiger charge is 2.38. The average Bonchev–Trinajstić information content (AvgIpc) is 3.28. The molecule has 1 atom stereocenters. The number of hydrogen-bond acceptors (Lipinski definition) is 6. The van der Waals surface area contributed by atoms with Gasteiger partial charge in [0.05, 0.1) is 25.1 Å². The highest BCUT2D eigenvalue weighted by atomic mass is 19.1. The standard InChI is InChI=1S/C22H25FN4O4/c23-17-11-16(21(24)28)5-6-20(17)30-13-14-1-3-15(4-2-14)22(29)27-19(7-10-31-27)18-12-25-8-9-26-18/h5-6,8-9,11-12,14-15,19H,1-4,7,10,13H2,(H2,24,28)/t14-,15-,19-/m0/s1. The number of benzene rings is 1. The van der Waals surface area contributed by atoms with E-state index in [1.165, 1.54) is 17.2 Å². The molecule has 0 unspecified atom stereocenters. The summed E-state index contributed by atoms with van der Waals surface area (Å²) in [6.45, 7) is 0.840. The minimum Gasteiger partial charge on any atom is -0.490 e. The van der Waals surface area contributed by atoms with Gasteiger partial charge in [-0.3, -0.25) is 24.4 Å². The molecular weight excluding hydrogens is 403 g/mol. The number of aromatic nitrogens is 2. The first-order valence-electron chi connectivity index (χ1n) is 10.5. The summed E-state index contributed by atoms with van der Waals surface area (Å²) in [6, 6.07) is 3.74. The van der Waals surface area contributed by atoms with Crippen molar-refractivity contribution in [2.75, 3.05) is 13.2 Å². The molecule has 2 N–H and O–H groups in total. The van der Waals surface area contributed by atoms with Crippen LogP contribution in [-0.2, 0) is 9.63 Å². The summed E-state index contributed by atoms with van der Waals surface area (Å²) < 4.78 is 19.7. The Balaban J connectivity index is 1.29. The minimum absolute atomic E-state index is 0.0133. The Morgan fingerprint density at radius 1 is 1.19 bits per heavy atom. The lowest BCUT2D eigenvalue weighted by atomic mass is 9.81. The van der Waals surface area contributed by atoms with Crippen molar-refractivity contribution in [3.05, 3.63) is 53.9 Å². The Morgan fingerprint density at radius 3 is 2.68 bits per heavy atom. The molecule has 0 bridgehead atoms. The first-order chi connectivity index (χ1) is 15.0. The number of hydrogen-bond donors (Lipinski definition) is 1. The molecule has 1 saturated carbocycles. The van der Waals surface area contributed by atoms with E-state index in [4.69, 9.17) is 15.3 Å². The minimum atomic E-state index is -0.683. The van der Waals surface area contributed by atoms with Crippen molar-refractivity contribution in [3.8, 4) is 5.75 Å². The SMILES string of the molecule is NC(=O)c1ccc(OC[C@H]2CC[C@H](C(=O)N3OCC[C@H]3c3cnccn3)CC2)c(F)c1. The van der Waals surface area contributed by atoms with E-state index in [0.717, 1.165) is 37.4 Å². The van der Waals surface area contributed by atoms with E-state index in [2.05, 4.69) is 9.97 Å². The zero-order valence-corrected chi connectivity index (χ0v) is 17.1. The van der Waals surface area contributed by atoms with Crippen molar-refractivity contribution in [2.24, 2.45) is 17.6 Å². The topological polar surface area (TPSA) is 108 Å². The summed E-state index contributed by atoms with van der Waals surface area (Å²) in [4.78, 5) is 38.2. The Labute approximate surface area is 179 Å². The summed E-state index contributed by atoms with van der Waals surface area (Å²) in [7, 11) is 0. The lowest BCUT2D eigenvalue weighted by Crippen LogP contribution is -2.37. The van der Waals surface area contributed by atoms with Gasteiger partial charge >= 0.3 is 0 Å². The van der Waals surface area contributed by atoms with Crippen LogP contribution in [0, 0.1) is 17.7 Å². The van der Waals surface area contributed by atoms with Gasteiger partial charge < -0.3 is 10.5 Å². The Bertz CT molecular complexity index is 934. The van der Waals surface area contributed by atoms with Gasteiger partial charge in [-0.25, -0.2) is 9.45 Å². The molecule has 1 aromatic heterocycles. The van der Waals surface area contributed by atoms with E-state index in [9.17, 15) is 14.0 Å². The van der Waals surface area contributed by atoms with Crippen LogP contribution in [0.4, 0.5) is 4.39 Å². The van der Waals surface area contributed by atoms with Crippen LogP contribution in [0.5, 0.6) is 5.75 Å². The molecule has 2 fully saturated rings. The van der Waals surface area contributed by atoms with Gasteiger partial charge in [0.2, 0.25) is 11.8 Å². The van der Waals surface area contributed by atoms with E-state index in [0.29, 0.717) is 19.6 Å². The van der Waals surface area contributed by atoms with Crippen LogP contribution in [0.25, 0.3) is 0 Å². The molecule has 2 heterocycles. The maximum atomic E-state index is 14.1. The molecule has 2 aromatic rings. The fraction of sp³-hybridized carbons (Fsp3) is 0.455. The number of rotatable bonds is 6. The van der Waals surface area contributed by atoms with E-state index in [-0.39, 0.29) is 35.1 Å². The molecule has 9 heteroatoms. The molecule has 1 aliphatic heterocycles. The molecule has 8 nitrogen and oxygen atoms in total. The van der Waals surface area contributed by atoms with E-state index >= 15 is 0 Å². The number of carbonyl (C=O) groups excluding carboxylic acids is 2. The molecule has 1 aliphatic carbocycles. The molecule has 1 saturated heterocycles. The summed E-state index contributed by atoms with van der Waals surface area (Å²) in [5, 5.41) is 1.47. The van der Waals surface area contributed by atoms with Gasteiger partial charge in [-0.15, -0.1) is 0 Å². The number of nitrogens with two attached hydrogens (primary N) is 1. The number of hydroxylamine groups is 2. The van der Waals surface area contributed by atoms with Crippen LogP contribution < -0.4 is 10.5 Å². The van der Waals surface area contributed by atoms with E-state index in [1.54, 1.807) is 18.6 Å². The number of nitrogens with zero attached hydrogens (tertiary/aromatic N) is 3. The molecule has 2 amide bonds. The van der Waals surface area contributed by atoms with Crippen molar-refractivity contribution in [1.29, 1.82) is 0 Å². The van der Waals surface area contributed by atoms with E-state index in [1.807, 2.05) is 0 Å². The molecule has 164 valence electrons. The van der Waals surface area contributed by atoms with Crippen molar-refractivity contribution >= 4 is 11.8 Å². The second-order valence-electron chi connectivity index (χ2n) is 7.97. The van der Waals surface area contributed by atoms with Crippen molar-refractivity contribution < 1.29 is 23.6 Å². The zero-order valence-electron chi connectivity index (χ0n) is 17.1. The van der Waals surface area contributed by atoms with E-state index < -0.39 is 11.7 Å². The normalized spacial score (nSPS) is 23.5. The second-order valence-corrected chi connectivity index (χ2v) is 7.97. The van der Waals surface area contributed by atoms with Crippen LogP contribution in [0.2, 0.25) is 0 Å². The Hall–Kier alpha value is -3.07. The predicted molar refractivity (Wildman–Crippen MR) is 108 cm³/mol. The number of primary amides is 1. The lowest BCUT2D eigenvalue weighted by molar-refractivity contribution is -0.183. The fourth-order valence-electron chi connectivity index (χ4n) is 4.17. The highest BCUT2D eigenvalue weighted by Crippen LogP contribution is 2.35. The summed E-state index contributed by atoms with van der Waals surface area (Å²) >= 11 is 0. The van der Waals surface area contributed by atoms with Gasteiger partial charge in [0.15, 0.2) is 11.6 Å². The fourth-order valence-corrected chi connectivity index (χ4v) is 4.17. The van der Waals surface area contributed by atoms with Crippen LogP contribution >= 0.6 is 0 Å². The quantitative estimate of drug-likeness (QED) is 0.758. The molecule has 31 heavy (non-hydrogen) atoms. The molecule has 1 aromatic carbocycles. The maximum absolute atomic E-state index is 14.1. The molecule has 0 spiro atoms.